The van der Waals surface area contributed by atoms with E-state index in [1.54, 1.807) is 13.0 Å². The molecule has 5 heteroatoms. The molecule has 0 saturated carbocycles. The van der Waals surface area contributed by atoms with E-state index in [4.69, 9.17) is 15.7 Å². The normalized spacial score (nSPS) is 11.9. The van der Waals surface area contributed by atoms with E-state index < -0.39 is 23.5 Å². The van der Waals surface area contributed by atoms with Crippen LogP contribution in [-0.4, -0.2) is 6.10 Å². The van der Waals surface area contributed by atoms with Gasteiger partial charge in [-0.1, -0.05) is 6.92 Å². The molecule has 0 aromatic heterocycles. The topological polar surface area (TPSA) is 59.0 Å². The summed E-state index contributed by atoms with van der Waals surface area (Å²) in [4.78, 5) is 0. The number of halogens is 2. The first-order valence-electron chi connectivity index (χ1n) is 4.86. The second-order valence-corrected chi connectivity index (χ2v) is 3.24. The van der Waals surface area contributed by atoms with Gasteiger partial charge in [0.05, 0.1) is 0 Å². The molecule has 0 amide bonds. The molecular formula is C11H12F2N2O. The van der Waals surface area contributed by atoms with Crippen molar-refractivity contribution in [2.45, 2.75) is 26.0 Å². The van der Waals surface area contributed by atoms with Gasteiger partial charge in [-0.15, -0.1) is 0 Å². The maximum absolute atomic E-state index is 13.4. The smallest absolute Gasteiger partial charge is 0.192 e. The molecule has 1 atom stereocenters. The lowest BCUT2D eigenvalue weighted by Crippen LogP contribution is -2.14. The standard InChI is InChI=1S/C11H12F2N2O/c1-2-8(6-15)16-11-9(12)3-7(5-14)4-10(11)13/h3-4,8H,2,5,14H2,1H3. The molecule has 0 radical (unpaired) electrons. The third-order valence-corrected chi connectivity index (χ3v) is 2.07. The zero-order valence-corrected chi connectivity index (χ0v) is 8.84. The Balaban J connectivity index is 3.01. The molecule has 0 saturated heterocycles. The van der Waals surface area contributed by atoms with Crippen molar-refractivity contribution in [2.75, 3.05) is 0 Å². The number of hydrogen-bond acceptors (Lipinski definition) is 3. The third kappa shape index (κ3) is 2.67. The summed E-state index contributed by atoms with van der Waals surface area (Å²) in [5, 5.41) is 8.63. The summed E-state index contributed by atoms with van der Waals surface area (Å²) in [6.07, 6.45) is -0.499. The van der Waals surface area contributed by atoms with Crippen molar-refractivity contribution in [3.05, 3.63) is 29.3 Å². The van der Waals surface area contributed by atoms with E-state index in [1.807, 2.05) is 0 Å². The molecule has 0 bridgehead atoms. The fourth-order valence-electron chi connectivity index (χ4n) is 1.19. The van der Waals surface area contributed by atoms with Gasteiger partial charge in [0.1, 0.15) is 6.07 Å². The monoisotopic (exact) mass is 226 g/mol. The summed E-state index contributed by atoms with van der Waals surface area (Å²) in [6, 6.07) is 4.00. The SMILES string of the molecule is CCC(C#N)Oc1c(F)cc(CN)cc1F. The lowest BCUT2D eigenvalue weighted by molar-refractivity contribution is 0.228. The van der Waals surface area contributed by atoms with Gasteiger partial charge in [0.25, 0.3) is 0 Å². The molecule has 1 aromatic carbocycles. The Morgan fingerprint density at radius 3 is 2.38 bits per heavy atom. The highest BCUT2D eigenvalue weighted by molar-refractivity contribution is 5.31. The summed E-state index contributed by atoms with van der Waals surface area (Å²) in [7, 11) is 0. The predicted molar refractivity (Wildman–Crippen MR) is 54.6 cm³/mol. The maximum atomic E-state index is 13.4. The van der Waals surface area contributed by atoms with Crippen LogP contribution in [0.1, 0.15) is 18.9 Å². The van der Waals surface area contributed by atoms with Gasteiger partial charge in [-0.05, 0) is 24.1 Å². The van der Waals surface area contributed by atoms with Crippen LogP contribution in [-0.2, 0) is 6.54 Å². The molecule has 0 spiro atoms. The molecule has 0 heterocycles. The van der Waals surface area contributed by atoms with E-state index in [0.717, 1.165) is 12.1 Å². The van der Waals surface area contributed by atoms with Crippen molar-refractivity contribution < 1.29 is 13.5 Å². The predicted octanol–water partition coefficient (Wildman–Crippen LogP) is 2.10. The minimum absolute atomic E-state index is 0.0452. The van der Waals surface area contributed by atoms with Gasteiger partial charge in [-0.2, -0.15) is 5.26 Å². The van der Waals surface area contributed by atoms with Gasteiger partial charge in [0, 0.05) is 6.54 Å². The van der Waals surface area contributed by atoms with Gasteiger partial charge in [0.2, 0.25) is 0 Å². The molecule has 3 nitrogen and oxygen atoms in total. The first-order chi connectivity index (χ1) is 7.62. The van der Waals surface area contributed by atoms with Crippen LogP contribution < -0.4 is 10.5 Å². The number of nitrogens with two attached hydrogens (primary N) is 1. The Morgan fingerprint density at radius 1 is 1.44 bits per heavy atom. The molecule has 0 fully saturated rings. The van der Waals surface area contributed by atoms with Crippen LogP contribution in [0.4, 0.5) is 8.78 Å². The van der Waals surface area contributed by atoms with Crippen molar-refractivity contribution in [1.82, 2.24) is 0 Å². The highest BCUT2D eigenvalue weighted by Crippen LogP contribution is 2.24. The van der Waals surface area contributed by atoms with Crippen LogP contribution in [0.2, 0.25) is 0 Å². The van der Waals surface area contributed by atoms with Crippen LogP contribution in [0, 0.1) is 23.0 Å². The molecule has 0 aliphatic heterocycles. The molecule has 16 heavy (non-hydrogen) atoms. The molecule has 0 aliphatic rings. The van der Waals surface area contributed by atoms with E-state index in [1.165, 1.54) is 0 Å². The number of nitriles is 1. The minimum atomic E-state index is -0.854. The fraction of sp³-hybridized carbons (Fsp3) is 0.364. The number of rotatable bonds is 4. The highest BCUT2D eigenvalue weighted by Gasteiger charge is 2.16. The Hall–Kier alpha value is -1.67. The lowest BCUT2D eigenvalue weighted by atomic mass is 10.2. The Kier molecular flexibility index (Phi) is 4.20. The van der Waals surface area contributed by atoms with Crippen LogP contribution in [0.5, 0.6) is 5.75 Å². The Bertz CT molecular complexity index is 392. The number of ether oxygens (including phenoxy) is 1. The fourth-order valence-corrected chi connectivity index (χ4v) is 1.19. The van der Waals surface area contributed by atoms with Gasteiger partial charge in [0.15, 0.2) is 23.5 Å². The quantitative estimate of drug-likeness (QED) is 0.855. The van der Waals surface area contributed by atoms with Crippen molar-refractivity contribution in [3.63, 3.8) is 0 Å². The summed E-state index contributed by atoms with van der Waals surface area (Å²) in [5.74, 6) is -2.20. The maximum Gasteiger partial charge on any atom is 0.192 e. The highest BCUT2D eigenvalue weighted by atomic mass is 19.1. The van der Waals surface area contributed by atoms with Gasteiger partial charge < -0.3 is 10.5 Å². The number of hydrogen-bond donors (Lipinski definition) is 1. The third-order valence-electron chi connectivity index (χ3n) is 2.07. The molecule has 1 unspecified atom stereocenters. The first kappa shape index (κ1) is 12.4. The van der Waals surface area contributed by atoms with E-state index in [0.29, 0.717) is 12.0 Å². The zero-order valence-electron chi connectivity index (χ0n) is 8.84. The van der Waals surface area contributed by atoms with Crippen LogP contribution in [0.25, 0.3) is 0 Å². The molecule has 0 aliphatic carbocycles. The Morgan fingerprint density at radius 2 is 2.00 bits per heavy atom. The summed E-state index contributed by atoms with van der Waals surface area (Å²) >= 11 is 0. The Labute approximate surface area is 92.4 Å². The van der Waals surface area contributed by atoms with Crippen molar-refractivity contribution >= 4 is 0 Å². The molecule has 1 rings (SSSR count). The van der Waals surface area contributed by atoms with E-state index in [2.05, 4.69) is 0 Å². The average molecular weight is 226 g/mol. The second-order valence-electron chi connectivity index (χ2n) is 3.24. The lowest BCUT2D eigenvalue weighted by Gasteiger charge is -2.12. The molecule has 86 valence electrons. The van der Waals surface area contributed by atoms with E-state index in [9.17, 15) is 8.78 Å². The first-order valence-corrected chi connectivity index (χ1v) is 4.86. The summed E-state index contributed by atoms with van der Waals surface area (Å²) in [5.41, 5.74) is 5.60. The molecule has 1 aromatic rings. The average Bonchev–Trinajstić information content (AvgIpc) is 2.28. The van der Waals surface area contributed by atoms with Gasteiger partial charge >= 0.3 is 0 Å². The minimum Gasteiger partial charge on any atom is -0.469 e. The van der Waals surface area contributed by atoms with Crippen LogP contribution in [0.15, 0.2) is 12.1 Å². The molecular weight excluding hydrogens is 214 g/mol. The van der Waals surface area contributed by atoms with Crippen molar-refractivity contribution in [2.24, 2.45) is 5.73 Å². The van der Waals surface area contributed by atoms with E-state index in [-0.39, 0.29) is 6.54 Å². The second kappa shape index (κ2) is 5.42. The number of nitrogens with zero attached hydrogens (tertiary/aromatic N) is 1. The van der Waals surface area contributed by atoms with E-state index >= 15 is 0 Å². The van der Waals surface area contributed by atoms with Gasteiger partial charge in [-0.25, -0.2) is 8.78 Å². The van der Waals surface area contributed by atoms with Crippen molar-refractivity contribution in [1.29, 1.82) is 5.26 Å². The zero-order chi connectivity index (χ0) is 12.1. The van der Waals surface area contributed by atoms with Gasteiger partial charge in [-0.3, -0.25) is 0 Å². The van der Waals surface area contributed by atoms with Crippen molar-refractivity contribution in [3.8, 4) is 11.8 Å². The largest absolute Gasteiger partial charge is 0.469 e. The molecule has 2 N–H and O–H groups in total. The van der Waals surface area contributed by atoms with Crippen LogP contribution in [0.3, 0.4) is 0 Å². The number of benzene rings is 1. The summed E-state index contributed by atoms with van der Waals surface area (Å²) in [6.45, 7) is 1.74. The summed E-state index contributed by atoms with van der Waals surface area (Å²) < 4.78 is 31.7. The van der Waals surface area contributed by atoms with Crippen LogP contribution >= 0.6 is 0 Å².